The zero-order valence-electron chi connectivity index (χ0n) is 11.2. The smallest absolute Gasteiger partial charge is 0.182 e. The van der Waals surface area contributed by atoms with Crippen LogP contribution in [0.25, 0.3) is 16.7 Å². The van der Waals surface area contributed by atoms with Crippen molar-refractivity contribution in [3.05, 3.63) is 56.8 Å². The molecule has 1 heterocycles. The van der Waals surface area contributed by atoms with Gasteiger partial charge in [0.2, 0.25) is 0 Å². The second kappa shape index (κ2) is 5.81. The average Bonchev–Trinajstić information content (AvgIpc) is 2.76. The summed E-state index contributed by atoms with van der Waals surface area (Å²) in [6.45, 7) is 0.506. The number of hydrogen-bond acceptors (Lipinski definition) is 2. The number of aromatic nitrogens is 2. The van der Waals surface area contributed by atoms with Crippen LogP contribution in [0.15, 0.2) is 36.4 Å². The molecule has 0 radical (unpaired) electrons. The van der Waals surface area contributed by atoms with E-state index >= 15 is 0 Å². The number of nitrogens with zero attached hydrogens (tertiary/aromatic N) is 1. The summed E-state index contributed by atoms with van der Waals surface area (Å²) in [5.41, 5.74) is 3.75. The summed E-state index contributed by atoms with van der Waals surface area (Å²) >= 11 is 17.6. The topological polar surface area (TPSA) is 29.9 Å². The molecule has 1 N–H and O–H groups in total. The van der Waals surface area contributed by atoms with E-state index in [9.17, 15) is 0 Å². The minimum atomic E-state index is 0.496. The van der Waals surface area contributed by atoms with Crippen molar-refractivity contribution in [2.75, 3.05) is 7.11 Å². The Morgan fingerprint density at radius 1 is 1.19 bits per heavy atom. The van der Waals surface area contributed by atoms with E-state index in [4.69, 9.17) is 40.2 Å². The van der Waals surface area contributed by atoms with E-state index in [0.29, 0.717) is 21.4 Å². The Hall–Kier alpha value is -1.33. The maximum absolute atomic E-state index is 6.14. The van der Waals surface area contributed by atoms with Crippen LogP contribution in [0.5, 0.6) is 0 Å². The van der Waals surface area contributed by atoms with E-state index in [1.165, 1.54) is 0 Å². The molecule has 3 nitrogen and oxygen atoms in total. The highest BCUT2D eigenvalue weighted by Crippen LogP contribution is 2.30. The van der Waals surface area contributed by atoms with Gasteiger partial charge in [-0.3, -0.25) is 4.57 Å². The summed E-state index contributed by atoms with van der Waals surface area (Å²) in [5, 5.41) is 0.994. The fourth-order valence-electron chi connectivity index (χ4n) is 2.35. The van der Waals surface area contributed by atoms with Crippen molar-refractivity contribution >= 4 is 46.5 Å². The summed E-state index contributed by atoms with van der Waals surface area (Å²) in [5.74, 6) is 0. The van der Waals surface area contributed by atoms with E-state index < -0.39 is 0 Å². The third-order valence-electron chi connectivity index (χ3n) is 3.26. The standard InChI is InChI=1S/C15H12Cl2N2OS/c1-20-8-9-4-2-3-5-13(9)19-14-7-11(17)10(16)6-12(14)18-15(19)21/h2-7H,8H2,1H3,(H,18,21). The molecule has 0 aliphatic heterocycles. The lowest BCUT2D eigenvalue weighted by Gasteiger charge is -2.11. The molecule has 0 spiro atoms. The van der Waals surface area contributed by atoms with Crippen molar-refractivity contribution < 1.29 is 4.74 Å². The van der Waals surface area contributed by atoms with E-state index in [2.05, 4.69) is 4.98 Å². The van der Waals surface area contributed by atoms with Crippen molar-refractivity contribution in [3.8, 4) is 5.69 Å². The Labute approximate surface area is 137 Å². The molecule has 0 fully saturated rings. The molecule has 21 heavy (non-hydrogen) atoms. The summed E-state index contributed by atoms with van der Waals surface area (Å²) in [4.78, 5) is 3.16. The van der Waals surface area contributed by atoms with Crippen molar-refractivity contribution in [2.45, 2.75) is 6.61 Å². The van der Waals surface area contributed by atoms with Crippen LogP contribution in [0, 0.1) is 4.77 Å². The van der Waals surface area contributed by atoms with Gasteiger partial charge in [0, 0.05) is 12.7 Å². The number of fused-ring (bicyclic) bond motifs is 1. The third kappa shape index (κ3) is 2.60. The molecule has 0 aliphatic rings. The molecule has 6 heteroatoms. The molecule has 0 aliphatic carbocycles. The minimum Gasteiger partial charge on any atom is -0.380 e. The number of halogens is 2. The lowest BCUT2D eigenvalue weighted by atomic mass is 10.2. The summed E-state index contributed by atoms with van der Waals surface area (Å²) in [6.07, 6.45) is 0. The molecular weight excluding hydrogens is 327 g/mol. The third-order valence-corrected chi connectivity index (χ3v) is 4.26. The minimum absolute atomic E-state index is 0.496. The molecule has 0 bridgehead atoms. The van der Waals surface area contributed by atoms with Crippen LogP contribution >= 0.6 is 35.4 Å². The van der Waals surface area contributed by atoms with Gasteiger partial charge in [0.25, 0.3) is 0 Å². The number of aromatic amines is 1. The lowest BCUT2D eigenvalue weighted by molar-refractivity contribution is 0.185. The Balaban J connectivity index is 2.33. The number of rotatable bonds is 3. The van der Waals surface area contributed by atoms with Crippen molar-refractivity contribution in [1.82, 2.24) is 9.55 Å². The molecule has 0 saturated heterocycles. The van der Waals surface area contributed by atoms with Gasteiger partial charge in [-0.05, 0) is 30.4 Å². The van der Waals surface area contributed by atoms with Gasteiger partial charge in [0.15, 0.2) is 4.77 Å². The molecular formula is C15H12Cl2N2OS. The van der Waals surface area contributed by atoms with Crippen molar-refractivity contribution in [1.29, 1.82) is 0 Å². The van der Waals surface area contributed by atoms with Crippen LogP contribution < -0.4 is 0 Å². The molecule has 3 rings (SSSR count). The monoisotopic (exact) mass is 338 g/mol. The van der Waals surface area contributed by atoms with Crippen LogP contribution in [-0.2, 0) is 11.3 Å². The van der Waals surface area contributed by atoms with Crippen LogP contribution in [0.3, 0.4) is 0 Å². The molecule has 2 aromatic carbocycles. The Bertz CT molecular complexity index is 870. The first-order valence-electron chi connectivity index (χ1n) is 6.29. The van der Waals surface area contributed by atoms with Gasteiger partial charge < -0.3 is 9.72 Å². The highest BCUT2D eigenvalue weighted by atomic mass is 35.5. The molecule has 0 amide bonds. The molecule has 0 saturated carbocycles. The van der Waals surface area contributed by atoms with E-state index in [0.717, 1.165) is 22.3 Å². The van der Waals surface area contributed by atoms with E-state index in [1.807, 2.05) is 34.9 Å². The first kappa shape index (κ1) is 14.6. The second-order valence-corrected chi connectivity index (χ2v) is 5.81. The van der Waals surface area contributed by atoms with Gasteiger partial charge >= 0.3 is 0 Å². The number of methoxy groups -OCH3 is 1. The first-order valence-corrected chi connectivity index (χ1v) is 7.45. The normalized spacial score (nSPS) is 11.2. The van der Waals surface area contributed by atoms with Crippen LogP contribution in [0.4, 0.5) is 0 Å². The highest BCUT2D eigenvalue weighted by Gasteiger charge is 2.12. The predicted molar refractivity (Wildman–Crippen MR) is 89.2 cm³/mol. The van der Waals surface area contributed by atoms with Gasteiger partial charge in [-0.25, -0.2) is 0 Å². The molecule has 0 unspecified atom stereocenters. The SMILES string of the molecule is COCc1ccccc1-n1c(=S)[nH]c2cc(Cl)c(Cl)cc21. The number of H-pyrrole nitrogens is 1. The van der Waals surface area contributed by atoms with Crippen molar-refractivity contribution in [3.63, 3.8) is 0 Å². The maximum atomic E-state index is 6.14. The maximum Gasteiger partial charge on any atom is 0.182 e. The fourth-order valence-corrected chi connectivity index (χ4v) is 2.98. The largest absolute Gasteiger partial charge is 0.380 e. The van der Waals surface area contributed by atoms with Crippen molar-refractivity contribution in [2.24, 2.45) is 0 Å². The number of benzene rings is 2. The number of nitrogens with one attached hydrogen (secondary N) is 1. The van der Waals surface area contributed by atoms with Crippen LogP contribution in [0.1, 0.15) is 5.56 Å². The van der Waals surface area contributed by atoms with Crippen LogP contribution in [-0.4, -0.2) is 16.7 Å². The quantitative estimate of drug-likeness (QED) is 0.670. The molecule has 3 aromatic rings. The van der Waals surface area contributed by atoms with E-state index in [-0.39, 0.29) is 0 Å². The summed E-state index contributed by atoms with van der Waals surface area (Å²) in [7, 11) is 1.67. The van der Waals surface area contributed by atoms with E-state index in [1.54, 1.807) is 13.2 Å². The highest BCUT2D eigenvalue weighted by molar-refractivity contribution is 7.71. The summed E-state index contributed by atoms with van der Waals surface area (Å²) in [6, 6.07) is 11.5. The van der Waals surface area contributed by atoms with Gasteiger partial charge in [-0.15, -0.1) is 0 Å². The van der Waals surface area contributed by atoms with Crippen LogP contribution in [0.2, 0.25) is 10.0 Å². The molecule has 0 atom stereocenters. The van der Waals surface area contributed by atoms with Gasteiger partial charge in [0.05, 0.1) is 33.4 Å². The number of imidazole rings is 1. The Kier molecular flexibility index (Phi) is 4.04. The van der Waals surface area contributed by atoms with Gasteiger partial charge in [-0.2, -0.15) is 0 Å². The van der Waals surface area contributed by atoms with Gasteiger partial charge in [-0.1, -0.05) is 41.4 Å². The second-order valence-electron chi connectivity index (χ2n) is 4.61. The first-order chi connectivity index (χ1) is 10.1. The fraction of sp³-hybridized carbons (Fsp3) is 0.133. The Morgan fingerprint density at radius 3 is 2.67 bits per heavy atom. The zero-order valence-corrected chi connectivity index (χ0v) is 13.5. The Morgan fingerprint density at radius 2 is 1.90 bits per heavy atom. The number of ether oxygens (including phenoxy) is 1. The number of hydrogen-bond donors (Lipinski definition) is 1. The summed E-state index contributed by atoms with van der Waals surface area (Å²) < 4.78 is 7.79. The molecule has 108 valence electrons. The average molecular weight is 339 g/mol. The van der Waals surface area contributed by atoms with Gasteiger partial charge in [0.1, 0.15) is 0 Å². The zero-order chi connectivity index (χ0) is 15.0. The predicted octanol–water partition coefficient (Wildman–Crippen LogP) is 5.14. The number of para-hydroxylation sites is 1. The molecule has 1 aromatic heterocycles. The lowest BCUT2D eigenvalue weighted by Crippen LogP contribution is -2.00.